The maximum atomic E-state index is 12.2. The summed E-state index contributed by atoms with van der Waals surface area (Å²) in [6.07, 6.45) is 0.668. The average Bonchev–Trinajstić information content (AvgIpc) is 3.21. The first-order valence-electron chi connectivity index (χ1n) is 7.93. The second-order valence-corrected chi connectivity index (χ2v) is 6.87. The molecule has 2 aromatic heterocycles. The molecule has 0 saturated heterocycles. The molecule has 3 rings (SSSR count). The van der Waals surface area contributed by atoms with Gasteiger partial charge < -0.3 is 5.32 Å². The molecule has 136 valence electrons. The van der Waals surface area contributed by atoms with Crippen molar-refractivity contribution in [3.63, 3.8) is 0 Å². The number of amides is 1. The van der Waals surface area contributed by atoms with Crippen LogP contribution in [0.1, 0.15) is 22.6 Å². The van der Waals surface area contributed by atoms with Gasteiger partial charge >= 0.3 is 0 Å². The first kappa shape index (κ1) is 18.8. The Morgan fingerprint density at radius 1 is 1.23 bits per heavy atom. The molecule has 0 aliphatic rings. The van der Waals surface area contributed by atoms with Crippen LogP contribution in [0.25, 0.3) is 11.3 Å². The van der Waals surface area contributed by atoms with Crippen molar-refractivity contribution >= 4 is 40.7 Å². The molecule has 0 aliphatic carbocycles. The van der Waals surface area contributed by atoms with E-state index in [1.54, 1.807) is 29.8 Å². The number of aromatic amines is 1. The Balaban J connectivity index is 1.52. The molecule has 0 radical (unpaired) electrons. The Kier molecular flexibility index (Phi) is 5.86. The Morgan fingerprint density at radius 2 is 1.96 bits per heavy atom. The van der Waals surface area contributed by atoms with E-state index >= 15 is 0 Å². The number of benzene rings is 1. The summed E-state index contributed by atoms with van der Waals surface area (Å²) in [6, 6.07) is 8.95. The van der Waals surface area contributed by atoms with Crippen molar-refractivity contribution in [1.29, 1.82) is 0 Å². The van der Waals surface area contributed by atoms with Crippen molar-refractivity contribution < 1.29 is 4.79 Å². The largest absolute Gasteiger partial charge is 0.351 e. The molecule has 0 unspecified atom stereocenters. The van der Waals surface area contributed by atoms with Gasteiger partial charge in [-0.3, -0.25) is 14.6 Å². The molecule has 1 amide bonds. The van der Waals surface area contributed by atoms with Crippen molar-refractivity contribution in [3.05, 3.63) is 56.9 Å². The molecule has 0 saturated carbocycles. The molecule has 6 nitrogen and oxygen atoms in total. The number of H-pyrrole nitrogens is 1. The first-order chi connectivity index (χ1) is 12.5. The van der Waals surface area contributed by atoms with Crippen molar-refractivity contribution in [2.24, 2.45) is 0 Å². The Bertz CT molecular complexity index is 917. The molecule has 0 aliphatic heterocycles. The normalized spacial score (nSPS) is 10.9. The van der Waals surface area contributed by atoms with Gasteiger partial charge in [0.15, 0.2) is 0 Å². The van der Waals surface area contributed by atoms with Gasteiger partial charge in [-0.05, 0) is 31.5 Å². The number of rotatable bonds is 6. The highest BCUT2D eigenvalue weighted by Gasteiger charge is 2.12. The van der Waals surface area contributed by atoms with E-state index in [4.69, 9.17) is 34.8 Å². The molecule has 9 heteroatoms. The van der Waals surface area contributed by atoms with Gasteiger partial charge in [-0.2, -0.15) is 10.2 Å². The summed E-state index contributed by atoms with van der Waals surface area (Å²) in [5.41, 5.74) is 2.64. The Labute approximate surface area is 165 Å². The molecule has 0 atom stereocenters. The summed E-state index contributed by atoms with van der Waals surface area (Å²) >= 11 is 18.0. The lowest BCUT2D eigenvalue weighted by atomic mass is 10.1. The van der Waals surface area contributed by atoms with E-state index in [0.29, 0.717) is 51.8 Å². The second kappa shape index (κ2) is 8.12. The third kappa shape index (κ3) is 4.20. The number of aromatic nitrogens is 4. The first-order valence-corrected chi connectivity index (χ1v) is 9.07. The summed E-state index contributed by atoms with van der Waals surface area (Å²) in [6.45, 7) is 2.83. The SMILES string of the molecule is Cc1nn(CCCNC(=O)c2cc(-c3ccc(Cl)cc3)n[nH]2)c(Cl)c1Cl. The third-order valence-electron chi connectivity index (χ3n) is 3.79. The van der Waals surface area contributed by atoms with E-state index in [1.165, 1.54) is 0 Å². The summed E-state index contributed by atoms with van der Waals surface area (Å²) in [5.74, 6) is -0.224. The number of carbonyl (C=O) groups excluding carboxylic acids is 1. The van der Waals surface area contributed by atoms with E-state index in [1.807, 2.05) is 12.1 Å². The molecule has 26 heavy (non-hydrogen) atoms. The minimum atomic E-state index is -0.224. The number of nitrogens with one attached hydrogen (secondary N) is 2. The third-order valence-corrected chi connectivity index (χ3v) is 4.98. The number of carbonyl (C=O) groups is 1. The second-order valence-electron chi connectivity index (χ2n) is 5.70. The molecule has 0 spiro atoms. The van der Waals surface area contributed by atoms with Crippen molar-refractivity contribution in [2.75, 3.05) is 6.54 Å². The van der Waals surface area contributed by atoms with E-state index in [9.17, 15) is 4.79 Å². The zero-order valence-electron chi connectivity index (χ0n) is 13.9. The smallest absolute Gasteiger partial charge is 0.269 e. The molecular weight excluding hydrogens is 397 g/mol. The van der Waals surface area contributed by atoms with Crippen LogP contribution >= 0.6 is 34.8 Å². The maximum Gasteiger partial charge on any atom is 0.269 e. The van der Waals surface area contributed by atoms with Crippen LogP contribution in [0.15, 0.2) is 30.3 Å². The summed E-state index contributed by atoms with van der Waals surface area (Å²) in [4.78, 5) is 12.2. The number of nitrogens with zero attached hydrogens (tertiary/aromatic N) is 3. The van der Waals surface area contributed by atoms with Gasteiger partial charge in [0.2, 0.25) is 0 Å². The van der Waals surface area contributed by atoms with Crippen LogP contribution in [-0.4, -0.2) is 32.4 Å². The van der Waals surface area contributed by atoms with Crippen LogP contribution in [0.4, 0.5) is 0 Å². The Morgan fingerprint density at radius 3 is 2.62 bits per heavy atom. The van der Waals surface area contributed by atoms with Gasteiger partial charge in [0.05, 0.1) is 11.4 Å². The highest BCUT2D eigenvalue weighted by Crippen LogP contribution is 2.25. The van der Waals surface area contributed by atoms with Crippen molar-refractivity contribution in [2.45, 2.75) is 19.9 Å². The van der Waals surface area contributed by atoms with E-state index in [2.05, 4.69) is 20.6 Å². The van der Waals surface area contributed by atoms with Crippen LogP contribution in [-0.2, 0) is 6.54 Å². The summed E-state index contributed by atoms with van der Waals surface area (Å²) in [5, 5.41) is 15.5. The minimum absolute atomic E-state index is 0.224. The van der Waals surface area contributed by atoms with Gasteiger partial charge in [-0.15, -0.1) is 0 Å². The number of aryl methyl sites for hydroxylation is 2. The average molecular weight is 413 g/mol. The van der Waals surface area contributed by atoms with Gasteiger partial charge in [0.25, 0.3) is 5.91 Å². The van der Waals surface area contributed by atoms with Crippen molar-refractivity contribution in [3.8, 4) is 11.3 Å². The lowest BCUT2D eigenvalue weighted by molar-refractivity contribution is 0.0947. The standard InChI is InChI=1S/C17H16Cl3N5O/c1-10-15(19)16(20)25(24-10)8-2-7-21-17(26)14-9-13(22-23-14)11-3-5-12(18)6-4-11/h3-6,9H,2,7-8H2,1H3,(H,21,26)(H,22,23). The molecule has 3 aromatic rings. The topological polar surface area (TPSA) is 75.6 Å². The minimum Gasteiger partial charge on any atom is -0.351 e. The van der Waals surface area contributed by atoms with Crippen LogP contribution in [0.3, 0.4) is 0 Å². The van der Waals surface area contributed by atoms with E-state index in [0.717, 1.165) is 5.56 Å². The number of halogens is 3. The number of hydrogen-bond donors (Lipinski definition) is 2. The van der Waals surface area contributed by atoms with E-state index in [-0.39, 0.29) is 5.91 Å². The predicted octanol–water partition coefficient (Wildman–Crippen LogP) is 4.36. The van der Waals surface area contributed by atoms with Crippen LogP contribution < -0.4 is 5.32 Å². The highest BCUT2D eigenvalue weighted by atomic mass is 35.5. The lowest BCUT2D eigenvalue weighted by Crippen LogP contribution is -2.25. The quantitative estimate of drug-likeness (QED) is 0.591. The molecular formula is C17H16Cl3N5O. The zero-order chi connectivity index (χ0) is 18.7. The fourth-order valence-electron chi connectivity index (χ4n) is 2.41. The van der Waals surface area contributed by atoms with Gasteiger partial charge in [0, 0.05) is 23.7 Å². The molecule has 2 heterocycles. The van der Waals surface area contributed by atoms with Gasteiger partial charge in [-0.1, -0.05) is 46.9 Å². The zero-order valence-corrected chi connectivity index (χ0v) is 16.2. The maximum absolute atomic E-state index is 12.2. The Hall–Kier alpha value is -2.02. The monoisotopic (exact) mass is 411 g/mol. The van der Waals surface area contributed by atoms with Crippen LogP contribution in [0.2, 0.25) is 15.2 Å². The van der Waals surface area contributed by atoms with Crippen LogP contribution in [0.5, 0.6) is 0 Å². The summed E-state index contributed by atoms with van der Waals surface area (Å²) < 4.78 is 1.63. The van der Waals surface area contributed by atoms with E-state index < -0.39 is 0 Å². The molecule has 2 N–H and O–H groups in total. The van der Waals surface area contributed by atoms with Gasteiger partial charge in [-0.25, -0.2) is 0 Å². The lowest BCUT2D eigenvalue weighted by Gasteiger charge is -2.05. The van der Waals surface area contributed by atoms with Crippen molar-refractivity contribution in [1.82, 2.24) is 25.3 Å². The fourth-order valence-corrected chi connectivity index (χ4v) is 2.93. The fraction of sp³-hybridized carbons (Fsp3) is 0.235. The molecule has 0 bridgehead atoms. The number of hydrogen-bond acceptors (Lipinski definition) is 3. The summed E-state index contributed by atoms with van der Waals surface area (Å²) in [7, 11) is 0. The van der Waals surface area contributed by atoms with Gasteiger partial charge in [0.1, 0.15) is 15.9 Å². The highest BCUT2D eigenvalue weighted by molar-refractivity contribution is 6.41. The predicted molar refractivity (Wildman–Crippen MR) is 103 cm³/mol. The molecule has 0 fully saturated rings. The molecule has 1 aromatic carbocycles. The van der Waals surface area contributed by atoms with Crippen LogP contribution in [0, 0.1) is 6.92 Å².